The molecule has 134 valence electrons. The van der Waals surface area contributed by atoms with Crippen molar-refractivity contribution in [3.05, 3.63) is 46.3 Å². The van der Waals surface area contributed by atoms with Crippen molar-refractivity contribution in [2.75, 3.05) is 0 Å². The molecule has 0 amide bonds. The number of hydrogen-bond donors (Lipinski definition) is 0. The standard InChI is InChI=1S/C17H18N6O2S/c1-17(2,3)14-18-12(25-21-14)9-26-16-20-19-15-22(4)13(24)10-7-5-6-8-11(10)23(15)16/h5-8H,9H2,1-4H3. The Bertz CT molecular complexity index is 1170. The van der Waals surface area contributed by atoms with Gasteiger partial charge in [0.15, 0.2) is 11.0 Å². The minimum Gasteiger partial charge on any atom is -0.338 e. The molecular weight excluding hydrogens is 352 g/mol. The summed E-state index contributed by atoms with van der Waals surface area (Å²) in [5.41, 5.74) is 0.519. The molecule has 3 aromatic heterocycles. The topological polar surface area (TPSA) is 91.1 Å². The molecule has 0 saturated carbocycles. The molecular formula is C17H18N6O2S. The van der Waals surface area contributed by atoms with E-state index in [1.165, 1.54) is 16.3 Å². The molecule has 9 heteroatoms. The summed E-state index contributed by atoms with van der Waals surface area (Å²) in [4.78, 5) is 16.9. The van der Waals surface area contributed by atoms with Crippen molar-refractivity contribution in [1.29, 1.82) is 0 Å². The van der Waals surface area contributed by atoms with E-state index in [1.54, 1.807) is 13.1 Å². The number of nitrogens with zero attached hydrogens (tertiary/aromatic N) is 6. The predicted octanol–water partition coefficient (Wildman–Crippen LogP) is 2.55. The fraction of sp³-hybridized carbons (Fsp3) is 0.353. The zero-order valence-electron chi connectivity index (χ0n) is 14.9. The van der Waals surface area contributed by atoms with Crippen LogP contribution in [0.4, 0.5) is 0 Å². The summed E-state index contributed by atoms with van der Waals surface area (Å²) < 4.78 is 8.72. The molecule has 3 heterocycles. The van der Waals surface area contributed by atoms with E-state index in [0.717, 1.165) is 5.52 Å². The molecule has 0 aliphatic heterocycles. The van der Waals surface area contributed by atoms with E-state index < -0.39 is 0 Å². The second kappa shape index (κ2) is 5.94. The number of para-hydroxylation sites is 1. The Morgan fingerprint density at radius 2 is 1.96 bits per heavy atom. The van der Waals surface area contributed by atoms with E-state index in [2.05, 4.69) is 20.3 Å². The van der Waals surface area contributed by atoms with Crippen LogP contribution in [-0.4, -0.2) is 29.3 Å². The van der Waals surface area contributed by atoms with E-state index in [4.69, 9.17) is 4.52 Å². The first-order valence-electron chi connectivity index (χ1n) is 8.15. The fourth-order valence-electron chi connectivity index (χ4n) is 2.65. The summed E-state index contributed by atoms with van der Waals surface area (Å²) in [5.74, 6) is 2.18. The number of thioether (sulfide) groups is 1. The molecule has 4 aromatic rings. The largest absolute Gasteiger partial charge is 0.338 e. The molecule has 26 heavy (non-hydrogen) atoms. The third kappa shape index (κ3) is 2.68. The van der Waals surface area contributed by atoms with Crippen molar-refractivity contribution < 1.29 is 4.52 Å². The Morgan fingerprint density at radius 1 is 1.19 bits per heavy atom. The Balaban J connectivity index is 1.74. The number of benzene rings is 1. The first-order valence-corrected chi connectivity index (χ1v) is 9.13. The number of aryl methyl sites for hydroxylation is 1. The molecule has 0 aliphatic carbocycles. The van der Waals surface area contributed by atoms with Crippen LogP contribution in [0.25, 0.3) is 16.7 Å². The van der Waals surface area contributed by atoms with Crippen LogP contribution in [0.15, 0.2) is 38.7 Å². The van der Waals surface area contributed by atoms with Crippen LogP contribution in [0.5, 0.6) is 0 Å². The number of hydrogen-bond acceptors (Lipinski definition) is 7. The molecule has 0 unspecified atom stereocenters. The molecule has 0 bridgehead atoms. The minimum absolute atomic E-state index is 0.0937. The summed E-state index contributed by atoms with van der Waals surface area (Å²) in [6.07, 6.45) is 0. The summed E-state index contributed by atoms with van der Waals surface area (Å²) in [5, 5.41) is 13.7. The summed E-state index contributed by atoms with van der Waals surface area (Å²) >= 11 is 1.44. The Hall–Kier alpha value is -2.68. The summed E-state index contributed by atoms with van der Waals surface area (Å²) in [6, 6.07) is 7.43. The second-order valence-electron chi connectivity index (χ2n) is 7.05. The van der Waals surface area contributed by atoms with Gasteiger partial charge >= 0.3 is 0 Å². The van der Waals surface area contributed by atoms with Gasteiger partial charge in [-0.3, -0.25) is 13.8 Å². The molecule has 4 rings (SSSR count). The molecule has 0 radical (unpaired) electrons. The van der Waals surface area contributed by atoms with Gasteiger partial charge in [-0.15, -0.1) is 10.2 Å². The molecule has 0 saturated heterocycles. The van der Waals surface area contributed by atoms with Gasteiger partial charge in [-0.05, 0) is 12.1 Å². The van der Waals surface area contributed by atoms with Gasteiger partial charge in [0.25, 0.3) is 5.56 Å². The van der Waals surface area contributed by atoms with Crippen molar-refractivity contribution in [3.63, 3.8) is 0 Å². The van der Waals surface area contributed by atoms with E-state index in [9.17, 15) is 4.79 Å². The quantitative estimate of drug-likeness (QED) is 0.512. The normalized spacial score (nSPS) is 12.3. The highest BCUT2D eigenvalue weighted by Gasteiger charge is 2.21. The summed E-state index contributed by atoms with van der Waals surface area (Å²) in [6.45, 7) is 6.11. The summed E-state index contributed by atoms with van der Waals surface area (Å²) in [7, 11) is 1.70. The van der Waals surface area contributed by atoms with E-state index in [-0.39, 0.29) is 11.0 Å². The van der Waals surface area contributed by atoms with Crippen LogP contribution in [0.2, 0.25) is 0 Å². The third-order valence-electron chi connectivity index (χ3n) is 4.06. The van der Waals surface area contributed by atoms with Crippen LogP contribution in [0, 0.1) is 0 Å². The maximum absolute atomic E-state index is 12.5. The highest BCUT2D eigenvalue weighted by atomic mass is 32.2. The Labute approximate surface area is 153 Å². The molecule has 0 spiro atoms. The van der Waals surface area contributed by atoms with E-state index in [1.807, 2.05) is 43.4 Å². The SMILES string of the molecule is Cn1c(=O)c2ccccc2n2c(SCc3nc(C(C)(C)C)no3)nnc12. The monoisotopic (exact) mass is 370 g/mol. The number of fused-ring (bicyclic) bond motifs is 3. The Morgan fingerprint density at radius 3 is 2.69 bits per heavy atom. The molecule has 1 aromatic carbocycles. The maximum Gasteiger partial charge on any atom is 0.262 e. The van der Waals surface area contributed by atoms with E-state index in [0.29, 0.717) is 33.8 Å². The first kappa shape index (κ1) is 16.8. The smallest absolute Gasteiger partial charge is 0.262 e. The zero-order valence-corrected chi connectivity index (χ0v) is 15.7. The van der Waals surface area contributed by atoms with Crippen LogP contribution < -0.4 is 5.56 Å². The van der Waals surface area contributed by atoms with Gasteiger partial charge in [0.2, 0.25) is 11.7 Å². The average Bonchev–Trinajstić information content (AvgIpc) is 3.24. The van der Waals surface area contributed by atoms with Gasteiger partial charge in [0, 0.05) is 12.5 Å². The van der Waals surface area contributed by atoms with Gasteiger partial charge in [-0.1, -0.05) is 49.8 Å². The number of rotatable bonds is 3. The van der Waals surface area contributed by atoms with Gasteiger partial charge in [0.1, 0.15) is 0 Å². The van der Waals surface area contributed by atoms with Gasteiger partial charge in [-0.2, -0.15) is 4.98 Å². The molecule has 8 nitrogen and oxygen atoms in total. The van der Waals surface area contributed by atoms with Crippen molar-refractivity contribution in [3.8, 4) is 0 Å². The van der Waals surface area contributed by atoms with Gasteiger partial charge in [0.05, 0.1) is 16.7 Å². The van der Waals surface area contributed by atoms with Crippen molar-refractivity contribution >= 4 is 28.4 Å². The first-order chi connectivity index (χ1) is 12.4. The van der Waals surface area contributed by atoms with Gasteiger partial charge in [-0.25, -0.2) is 0 Å². The van der Waals surface area contributed by atoms with Crippen LogP contribution >= 0.6 is 11.8 Å². The number of aromatic nitrogens is 6. The zero-order chi connectivity index (χ0) is 18.5. The van der Waals surface area contributed by atoms with Crippen molar-refractivity contribution in [2.24, 2.45) is 7.05 Å². The molecule has 0 N–H and O–H groups in total. The second-order valence-corrected chi connectivity index (χ2v) is 7.99. The average molecular weight is 370 g/mol. The molecule has 0 atom stereocenters. The van der Waals surface area contributed by atoms with Crippen LogP contribution in [0.1, 0.15) is 32.5 Å². The third-order valence-corrected chi connectivity index (χ3v) is 4.97. The van der Waals surface area contributed by atoms with Crippen molar-refractivity contribution in [2.45, 2.75) is 37.1 Å². The predicted molar refractivity (Wildman–Crippen MR) is 98.3 cm³/mol. The fourth-order valence-corrected chi connectivity index (χ4v) is 3.43. The lowest BCUT2D eigenvalue weighted by atomic mass is 9.96. The lowest BCUT2D eigenvalue weighted by Crippen LogP contribution is -2.20. The lowest BCUT2D eigenvalue weighted by Gasteiger charge is -2.10. The van der Waals surface area contributed by atoms with Crippen LogP contribution in [0.3, 0.4) is 0 Å². The van der Waals surface area contributed by atoms with E-state index >= 15 is 0 Å². The lowest BCUT2D eigenvalue weighted by molar-refractivity contribution is 0.372. The Kier molecular flexibility index (Phi) is 3.83. The molecule has 0 aliphatic rings. The van der Waals surface area contributed by atoms with Crippen molar-refractivity contribution in [1.82, 2.24) is 29.3 Å². The molecule has 0 fully saturated rings. The van der Waals surface area contributed by atoms with Crippen LogP contribution in [-0.2, 0) is 18.2 Å². The maximum atomic E-state index is 12.5. The van der Waals surface area contributed by atoms with Gasteiger partial charge < -0.3 is 4.52 Å². The highest BCUT2D eigenvalue weighted by Crippen LogP contribution is 2.25. The minimum atomic E-state index is -0.164. The highest BCUT2D eigenvalue weighted by molar-refractivity contribution is 7.98.